The molecule has 2 heterocycles. The fourth-order valence-electron chi connectivity index (χ4n) is 3.58. The van der Waals surface area contributed by atoms with E-state index in [1.165, 1.54) is 0 Å². The molecule has 1 saturated heterocycles. The van der Waals surface area contributed by atoms with E-state index in [0.717, 1.165) is 42.0 Å². The average molecular weight is 397 g/mol. The molecule has 1 atom stereocenters. The monoisotopic (exact) mass is 396 g/mol. The number of aromatic nitrogens is 2. The standard InChI is InChI=1S/C21H21ClN4O2/c1-14-23-20(25-28-14)16-7-4-8-17(12-16)24-21(27)26-11-5-9-18(26)13-15-6-2-3-10-19(15)22/h2-4,6-8,10,12,18H,5,9,11,13H2,1H3,(H,24,27)/t18-/m0/s1. The fraction of sp³-hybridized carbons (Fsp3) is 0.286. The van der Waals surface area contributed by atoms with E-state index in [2.05, 4.69) is 15.5 Å². The van der Waals surface area contributed by atoms with Gasteiger partial charge in [-0.2, -0.15) is 4.98 Å². The van der Waals surface area contributed by atoms with E-state index in [9.17, 15) is 4.79 Å². The molecule has 28 heavy (non-hydrogen) atoms. The van der Waals surface area contributed by atoms with Gasteiger partial charge < -0.3 is 14.7 Å². The van der Waals surface area contributed by atoms with Crippen molar-refractivity contribution in [2.75, 3.05) is 11.9 Å². The van der Waals surface area contributed by atoms with E-state index in [1.807, 2.05) is 53.4 Å². The van der Waals surface area contributed by atoms with Crippen LogP contribution in [0.4, 0.5) is 10.5 Å². The number of hydrogen-bond donors (Lipinski definition) is 1. The summed E-state index contributed by atoms with van der Waals surface area (Å²) < 4.78 is 5.03. The molecule has 1 fully saturated rings. The molecule has 0 spiro atoms. The van der Waals surface area contributed by atoms with Crippen LogP contribution in [0.2, 0.25) is 5.02 Å². The molecule has 0 unspecified atom stereocenters. The Morgan fingerprint density at radius 1 is 1.29 bits per heavy atom. The maximum atomic E-state index is 12.9. The van der Waals surface area contributed by atoms with Crippen LogP contribution in [-0.4, -0.2) is 33.7 Å². The number of carbonyl (C=O) groups excluding carboxylic acids is 1. The zero-order valence-corrected chi connectivity index (χ0v) is 16.3. The van der Waals surface area contributed by atoms with Gasteiger partial charge >= 0.3 is 6.03 Å². The van der Waals surface area contributed by atoms with E-state index >= 15 is 0 Å². The summed E-state index contributed by atoms with van der Waals surface area (Å²) in [6.07, 6.45) is 2.72. The van der Waals surface area contributed by atoms with Crippen LogP contribution in [0.15, 0.2) is 53.1 Å². The fourth-order valence-corrected chi connectivity index (χ4v) is 3.79. The molecule has 2 amide bonds. The van der Waals surface area contributed by atoms with E-state index in [-0.39, 0.29) is 12.1 Å². The normalized spacial score (nSPS) is 16.4. The summed E-state index contributed by atoms with van der Waals surface area (Å²) in [6, 6.07) is 15.3. The van der Waals surface area contributed by atoms with Gasteiger partial charge in [0.05, 0.1) is 0 Å². The lowest BCUT2D eigenvalue weighted by Gasteiger charge is -2.25. The van der Waals surface area contributed by atoms with Gasteiger partial charge in [0.1, 0.15) is 0 Å². The highest BCUT2D eigenvalue weighted by atomic mass is 35.5. The molecular weight excluding hydrogens is 376 g/mol. The van der Waals surface area contributed by atoms with Gasteiger partial charge in [-0.25, -0.2) is 4.79 Å². The third-order valence-corrected chi connectivity index (χ3v) is 5.32. The van der Waals surface area contributed by atoms with Crippen molar-refractivity contribution in [3.8, 4) is 11.4 Å². The third kappa shape index (κ3) is 4.02. The van der Waals surface area contributed by atoms with E-state index < -0.39 is 0 Å². The van der Waals surface area contributed by atoms with Crippen molar-refractivity contribution in [3.05, 3.63) is 65.0 Å². The highest BCUT2D eigenvalue weighted by molar-refractivity contribution is 6.31. The van der Waals surface area contributed by atoms with Crippen molar-refractivity contribution in [3.63, 3.8) is 0 Å². The molecule has 0 bridgehead atoms. The number of aryl methyl sites for hydroxylation is 1. The van der Waals surface area contributed by atoms with Gasteiger partial charge in [0.25, 0.3) is 0 Å². The average Bonchev–Trinajstić information content (AvgIpc) is 3.33. The number of carbonyl (C=O) groups is 1. The molecule has 0 saturated carbocycles. The molecule has 0 radical (unpaired) electrons. The van der Waals surface area contributed by atoms with Gasteiger partial charge in [0.2, 0.25) is 11.7 Å². The number of nitrogens with zero attached hydrogens (tertiary/aromatic N) is 3. The van der Waals surface area contributed by atoms with Gasteiger partial charge in [-0.15, -0.1) is 0 Å². The predicted molar refractivity (Wildman–Crippen MR) is 108 cm³/mol. The van der Waals surface area contributed by atoms with E-state index in [4.69, 9.17) is 16.1 Å². The summed E-state index contributed by atoms with van der Waals surface area (Å²) in [5.41, 5.74) is 2.57. The van der Waals surface area contributed by atoms with Crippen LogP contribution in [0.1, 0.15) is 24.3 Å². The number of hydrogen-bond acceptors (Lipinski definition) is 4. The Bertz CT molecular complexity index is 988. The zero-order chi connectivity index (χ0) is 19.5. The maximum Gasteiger partial charge on any atom is 0.322 e. The topological polar surface area (TPSA) is 71.3 Å². The number of rotatable bonds is 4. The van der Waals surface area contributed by atoms with Crippen LogP contribution < -0.4 is 5.32 Å². The molecule has 6 nitrogen and oxygen atoms in total. The number of benzene rings is 2. The molecule has 1 N–H and O–H groups in total. The lowest BCUT2D eigenvalue weighted by molar-refractivity contribution is 0.206. The first-order valence-electron chi connectivity index (χ1n) is 9.32. The van der Waals surface area contributed by atoms with Crippen LogP contribution in [0.25, 0.3) is 11.4 Å². The molecule has 144 valence electrons. The number of nitrogens with one attached hydrogen (secondary N) is 1. The zero-order valence-electron chi connectivity index (χ0n) is 15.6. The Balaban J connectivity index is 1.46. The second-order valence-electron chi connectivity index (χ2n) is 6.93. The van der Waals surface area contributed by atoms with Gasteiger partial charge in [0.15, 0.2) is 0 Å². The summed E-state index contributed by atoms with van der Waals surface area (Å²) in [7, 11) is 0. The van der Waals surface area contributed by atoms with Crippen LogP contribution in [-0.2, 0) is 6.42 Å². The van der Waals surface area contributed by atoms with Gasteiger partial charge in [-0.05, 0) is 43.0 Å². The van der Waals surface area contributed by atoms with Crippen LogP contribution in [0.5, 0.6) is 0 Å². The predicted octanol–water partition coefficient (Wildman–Crippen LogP) is 4.94. The number of likely N-dealkylation sites (tertiary alicyclic amines) is 1. The highest BCUT2D eigenvalue weighted by Crippen LogP contribution is 2.26. The third-order valence-electron chi connectivity index (χ3n) is 4.95. The summed E-state index contributed by atoms with van der Waals surface area (Å²) in [4.78, 5) is 19.0. The van der Waals surface area contributed by atoms with Crippen LogP contribution >= 0.6 is 11.6 Å². The molecule has 0 aliphatic carbocycles. The molecule has 1 aliphatic rings. The Kier molecular flexibility index (Phi) is 5.30. The second kappa shape index (κ2) is 8.02. The second-order valence-corrected chi connectivity index (χ2v) is 7.34. The quantitative estimate of drug-likeness (QED) is 0.678. The minimum atomic E-state index is -0.101. The Morgan fingerprint density at radius 3 is 2.93 bits per heavy atom. The van der Waals surface area contributed by atoms with Crippen molar-refractivity contribution in [1.82, 2.24) is 15.0 Å². The highest BCUT2D eigenvalue weighted by Gasteiger charge is 2.29. The number of urea groups is 1. The summed E-state index contributed by atoms with van der Waals surface area (Å²) in [5, 5.41) is 7.68. The maximum absolute atomic E-state index is 12.9. The van der Waals surface area contributed by atoms with E-state index in [1.54, 1.807) is 6.92 Å². The largest absolute Gasteiger partial charge is 0.339 e. The Hall–Kier alpha value is -2.86. The number of anilines is 1. The van der Waals surface area contributed by atoms with Gasteiger partial charge in [-0.3, -0.25) is 0 Å². The lowest BCUT2D eigenvalue weighted by atomic mass is 10.0. The van der Waals surface area contributed by atoms with E-state index in [0.29, 0.717) is 17.4 Å². The molecule has 1 aromatic heterocycles. The Labute approximate surface area is 168 Å². The molecule has 2 aromatic carbocycles. The number of amides is 2. The van der Waals surface area contributed by atoms with Crippen molar-refractivity contribution in [1.29, 1.82) is 0 Å². The van der Waals surface area contributed by atoms with Crippen molar-refractivity contribution < 1.29 is 9.32 Å². The lowest BCUT2D eigenvalue weighted by Crippen LogP contribution is -2.39. The minimum Gasteiger partial charge on any atom is -0.339 e. The van der Waals surface area contributed by atoms with Gasteiger partial charge in [-0.1, -0.05) is 47.1 Å². The molecule has 3 aromatic rings. The van der Waals surface area contributed by atoms with Crippen molar-refractivity contribution in [2.24, 2.45) is 0 Å². The van der Waals surface area contributed by atoms with Crippen molar-refractivity contribution >= 4 is 23.3 Å². The smallest absolute Gasteiger partial charge is 0.322 e. The first-order chi connectivity index (χ1) is 13.6. The minimum absolute atomic E-state index is 0.101. The summed E-state index contributed by atoms with van der Waals surface area (Å²) in [6.45, 7) is 2.49. The molecule has 4 rings (SSSR count). The number of halogens is 1. The first-order valence-corrected chi connectivity index (χ1v) is 9.70. The van der Waals surface area contributed by atoms with Crippen LogP contribution in [0, 0.1) is 6.92 Å². The summed E-state index contributed by atoms with van der Waals surface area (Å²) in [5.74, 6) is 1.01. The van der Waals surface area contributed by atoms with Crippen LogP contribution in [0.3, 0.4) is 0 Å². The van der Waals surface area contributed by atoms with Gasteiger partial charge in [0, 0.05) is 35.8 Å². The Morgan fingerprint density at radius 2 is 2.14 bits per heavy atom. The summed E-state index contributed by atoms with van der Waals surface area (Å²) >= 11 is 6.30. The SMILES string of the molecule is Cc1nc(-c2cccc(NC(=O)N3CCC[C@H]3Cc3ccccc3Cl)c2)no1. The van der Waals surface area contributed by atoms with Crippen molar-refractivity contribution in [2.45, 2.75) is 32.2 Å². The molecule has 1 aliphatic heterocycles. The molecule has 7 heteroatoms. The molecular formula is C21H21ClN4O2. The first kappa shape index (κ1) is 18.5.